The quantitative estimate of drug-likeness (QED) is 0.712. The van der Waals surface area contributed by atoms with E-state index in [1.54, 1.807) is 12.4 Å². The molecule has 0 amide bonds. The first-order chi connectivity index (χ1) is 11.6. The maximum atomic E-state index is 5.18. The minimum absolute atomic E-state index is 0.569. The van der Waals surface area contributed by atoms with Crippen LogP contribution in [0, 0.1) is 27.7 Å². The highest BCUT2D eigenvalue weighted by atomic mass is 16.5. The van der Waals surface area contributed by atoms with Crippen LogP contribution in [0.25, 0.3) is 0 Å². The molecule has 0 saturated heterocycles. The fourth-order valence-electron chi connectivity index (χ4n) is 2.45. The summed E-state index contributed by atoms with van der Waals surface area (Å²) in [4.78, 5) is 8.71. The lowest BCUT2D eigenvalue weighted by Gasteiger charge is -2.11. The van der Waals surface area contributed by atoms with Crippen LogP contribution < -0.4 is 10.6 Å². The first-order valence-corrected chi connectivity index (χ1v) is 7.68. The molecular formula is C16H20N6O2. The van der Waals surface area contributed by atoms with Crippen LogP contribution in [0.1, 0.15) is 34.0 Å². The third-order valence-electron chi connectivity index (χ3n) is 3.93. The van der Waals surface area contributed by atoms with Gasteiger partial charge in [-0.05, 0) is 27.7 Å². The summed E-state index contributed by atoms with van der Waals surface area (Å²) < 4.78 is 10.4. The molecule has 2 N–H and O–H groups in total. The first-order valence-electron chi connectivity index (χ1n) is 7.68. The Bertz CT molecular complexity index is 731. The zero-order valence-corrected chi connectivity index (χ0v) is 14.2. The van der Waals surface area contributed by atoms with Gasteiger partial charge in [0.05, 0.1) is 11.4 Å². The van der Waals surface area contributed by atoms with Crippen molar-refractivity contribution in [3.05, 3.63) is 46.4 Å². The molecule has 0 atom stereocenters. The Labute approximate surface area is 139 Å². The summed E-state index contributed by atoms with van der Waals surface area (Å²) in [6.45, 7) is 8.76. The van der Waals surface area contributed by atoms with E-state index in [1.165, 1.54) is 0 Å². The van der Waals surface area contributed by atoms with Gasteiger partial charge in [0.25, 0.3) is 0 Å². The molecular weight excluding hydrogens is 308 g/mol. The average Bonchev–Trinajstić information content (AvgIpc) is 3.07. The van der Waals surface area contributed by atoms with E-state index in [9.17, 15) is 0 Å². The van der Waals surface area contributed by atoms with Crippen LogP contribution in [0.4, 0.5) is 11.6 Å². The number of rotatable bonds is 6. The molecule has 0 saturated carbocycles. The maximum absolute atomic E-state index is 5.18. The summed E-state index contributed by atoms with van der Waals surface area (Å²) >= 11 is 0. The van der Waals surface area contributed by atoms with E-state index < -0.39 is 0 Å². The van der Waals surface area contributed by atoms with Crippen molar-refractivity contribution in [2.24, 2.45) is 0 Å². The van der Waals surface area contributed by atoms with Crippen molar-refractivity contribution in [2.45, 2.75) is 40.8 Å². The van der Waals surface area contributed by atoms with Crippen molar-refractivity contribution in [2.75, 3.05) is 10.6 Å². The van der Waals surface area contributed by atoms with Gasteiger partial charge in [-0.2, -0.15) is 0 Å². The highest BCUT2D eigenvalue weighted by Crippen LogP contribution is 2.20. The lowest BCUT2D eigenvalue weighted by Crippen LogP contribution is -2.09. The summed E-state index contributed by atoms with van der Waals surface area (Å²) in [7, 11) is 0. The highest BCUT2D eigenvalue weighted by Gasteiger charge is 2.13. The Kier molecular flexibility index (Phi) is 4.45. The zero-order chi connectivity index (χ0) is 17.1. The second kappa shape index (κ2) is 6.69. The second-order valence-corrected chi connectivity index (χ2v) is 5.57. The molecule has 0 aliphatic heterocycles. The van der Waals surface area contributed by atoms with E-state index in [-0.39, 0.29) is 0 Å². The molecule has 3 heterocycles. The molecule has 24 heavy (non-hydrogen) atoms. The lowest BCUT2D eigenvalue weighted by molar-refractivity contribution is 0.392. The topological polar surface area (TPSA) is 102 Å². The van der Waals surface area contributed by atoms with E-state index in [0.717, 1.165) is 34.0 Å². The van der Waals surface area contributed by atoms with Crippen molar-refractivity contribution in [1.82, 2.24) is 20.3 Å². The maximum Gasteiger partial charge on any atom is 0.169 e. The summed E-state index contributed by atoms with van der Waals surface area (Å²) in [6, 6.07) is 0. The smallest absolute Gasteiger partial charge is 0.169 e. The monoisotopic (exact) mass is 328 g/mol. The normalized spacial score (nSPS) is 10.8. The molecule has 0 bridgehead atoms. The van der Waals surface area contributed by atoms with Gasteiger partial charge in [0.1, 0.15) is 11.5 Å². The molecule has 0 fully saturated rings. The van der Waals surface area contributed by atoms with E-state index >= 15 is 0 Å². The fourth-order valence-corrected chi connectivity index (χ4v) is 2.45. The van der Waals surface area contributed by atoms with Crippen LogP contribution in [0.15, 0.2) is 21.4 Å². The van der Waals surface area contributed by atoms with Crippen LogP contribution in [0.5, 0.6) is 0 Å². The Hall–Kier alpha value is -2.90. The number of hydrogen-bond acceptors (Lipinski definition) is 8. The average molecular weight is 328 g/mol. The predicted octanol–water partition coefficient (Wildman–Crippen LogP) is 2.91. The number of hydrogen-bond donors (Lipinski definition) is 2. The lowest BCUT2D eigenvalue weighted by atomic mass is 10.2. The summed E-state index contributed by atoms with van der Waals surface area (Å²) in [5, 5.41) is 14.5. The summed E-state index contributed by atoms with van der Waals surface area (Å²) in [6.07, 6.45) is 3.30. The number of nitrogens with zero attached hydrogens (tertiary/aromatic N) is 4. The Balaban J connectivity index is 1.71. The van der Waals surface area contributed by atoms with E-state index in [0.29, 0.717) is 24.7 Å². The molecule has 3 aromatic heterocycles. The molecule has 0 aliphatic rings. The largest absolute Gasteiger partial charge is 0.363 e. The van der Waals surface area contributed by atoms with Crippen LogP contribution in [0.2, 0.25) is 0 Å². The van der Waals surface area contributed by atoms with Gasteiger partial charge in [-0.1, -0.05) is 10.3 Å². The minimum atomic E-state index is 0.569. The number of aryl methyl sites for hydroxylation is 4. The van der Waals surface area contributed by atoms with Gasteiger partial charge < -0.3 is 19.7 Å². The van der Waals surface area contributed by atoms with Crippen LogP contribution in [-0.4, -0.2) is 20.3 Å². The molecule has 8 heteroatoms. The summed E-state index contributed by atoms with van der Waals surface area (Å²) in [5.74, 6) is 2.94. The van der Waals surface area contributed by atoms with Crippen molar-refractivity contribution in [3.8, 4) is 0 Å². The van der Waals surface area contributed by atoms with Gasteiger partial charge >= 0.3 is 0 Å². The fraction of sp³-hybridized carbons (Fsp3) is 0.375. The van der Waals surface area contributed by atoms with E-state index in [2.05, 4.69) is 30.9 Å². The molecule has 8 nitrogen and oxygen atoms in total. The molecule has 3 rings (SSSR count). The second-order valence-electron chi connectivity index (χ2n) is 5.57. The third kappa shape index (κ3) is 3.22. The molecule has 0 aliphatic carbocycles. The van der Waals surface area contributed by atoms with E-state index in [1.807, 2.05) is 27.7 Å². The highest BCUT2D eigenvalue weighted by molar-refractivity contribution is 5.59. The molecule has 0 spiro atoms. The van der Waals surface area contributed by atoms with Gasteiger partial charge in [-0.25, -0.2) is 9.97 Å². The molecule has 0 unspecified atom stereocenters. The molecule has 126 valence electrons. The van der Waals surface area contributed by atoms with Gasteiger partial charge in [-0.3, -0.25) is 0 Å². The predicted molar refractivity (Wildman–Crippen MR) is 88.6 cm³/mol. The van der Waals surface area contributed by atoms with Crippen molar-refractivity contribution in [3.63, 3.8) is 0 Å². The van der Waals surface area contributed by atoms with Gasteiger partial charge in [0.15, 0.2) is 11.6 Å². The molecule has 0 aromatic carbocycles. The zero-order valence-electron chi connectivity index (χ0n) is 14.2. The number of nitrogens with one attached hydrogen (secondary N) is 2. The summed E-state index contributed by atoms with van der Waals surface area (Å²) in [5.41, 5.74) is 3.79. The van der Waals surface area contributed by atoms with Gasteiger partial charge in [0.2, 0.25) is 0 Å². The Morgan fingerprint density at radius 2 is 1.17 bits per heavy atom. The number of anilines is 2. The van der Waals surface area contributed by atoms with Gasteiger partial charge in [0, 0.05) is 36.6 Å². The Morgan fingerprint density at radius 1 is 0.750 bits per heavy atom. The van der Waals surface area contributed by atoms with Crippen LogP contribution >= 0.6 is 0 Å². The third-order valence-corrected chi connectivity index (χ3v) is 3.93. The standard InChI is InChI=1S/C16H20N6O2/c1-9-13(11(3)23-21-9)7-19-15-16(18-6-5-17-15)20-8-14-10(2)22-24-12(14)4/h5-6H,7-8H2,1-4H3,(H,17,19)(H,18,20). The van der Waals surface area contributed by atoms with Crippen LogP contribution in [-0.2, 0) is 13.1 Å². The van der Waals surface area contributed by atoms with Crippen molar-refractivity contribution < 1.29 is 9.05 Å². The van der Waals surface area contributed by atoms with Crippen LogP contribution in [0.3, 0.4) is 0 Å². The van der Waals surface area contributed by atoms with Crippen molar-refractivity contribution in [1.29, 1.82) is 0 Å². The number of aromatic nitrogens is 4. The van der Waals surface area contributed by atoms with Crippen molar-refractivity contribution >= 4 is 11.6 Å². The first kappa shape index (κ1) is 16.0. The van der Waals surface area contributed by atoms with E-state index in [4.69, 9.17) is 9.05 Å². The molecule has 3 aromatic rings. The minimum Gasteiger partial charge on any atom is -0.363 e. The Morgan fingerprint density at radius 3 is 1.50 bits per heavy atom. The van der Waals surface area contributed by atoms with Gasteiger partial charge in [-0.15, -0.1) is 0 Å². The SMILES string of the molecule is Cc1noc(C)c1CNc1nccnc1NCc1c(C)noc1C. The molecule has 0 radical (unpaired) electrons.